The lowest BCUT2D eigenvalue weighted by Gasteiger charge is -2.17. The predicted octanol–water partition coefficient (Wildman–Crippen LogP) is 5.58. The minimum Gasteiger partial charge on any atom is -0.424 e. The van der Waals surface area contributed by atoms with E-state index in [9.17, 15) is 18.0 Å². The highest BCUT2D eigenvalue weighted by Gasteiger charge is 2.30. The molecule has 136 valence electrons. The molecule has 0 fully saturated rings. The maximum absolute atomic E-state index is 12.8. The summed E-state index contributed by atoms with van der Waals surface area (Å²) in [6.07, 6.45) is -2.63. The van der Waals surface area contributed by atoms with Crippen LogP contribution in [0, 0.1) is 5.41 Å². The minimum absolute atomic E-state index is 0.316. The zero-order valence-electron chi connectivity index (χ0n) is 14.6. The molecule has 0 aliphatic carbocycles. The third-order valence-corrected chi connectivity index (χ3v) is 3.95. The predicted molar refractivity (Wildman–Crippen MR) is 92.9 cm³/mol. The molecule has 0 saturated heterocycles. The maximum Gasteiger partial charge on any atom is 0.416 e. The molecule has 0 amide bonds. The lowest BCUT2D eigenvalue weighted by atomic mass is 9.97. The van der Waals surface area contributed by atoms with Crippen LogP contribution in [0.2, 0.25) is 0 Å². The quantitative estimate of drug-likeness (QED) is 0.558. The largest absolute Gasteiger partial charge is 0.424 e. The van der Waals surface area contributed by atoms with Crippen molar-refractivity contribution < 1.29 is 22.7 Å². The summed E-state index contributed by atoms with van der Waals surface area (Å²) in [6, 6.07) is 12.0. The number of carbonyl (C=O) groups is 1. The summed E-state index contributed by atoms with van der Waals surface area (Å²) in [5.74, 6) is -0.0996. The van der Waals surface area contributed by atoms with Gasteiger partial charge in [-0.1, -0.05) is 18.2 Å². The number of hydrogen-bond acceptors (Lipinski definition) is 2. The van der Waals surface area contributed by atoms with Crippen molar-refractivity contribution in [2.75, 3.05) is 0 Å². The van der Waals surface area contributed by atoms with Gasteiger partial charge in [-0.3, -0.25) is 4.79 Å². The zero-order valence-corrected chi connectivity index (χ0v) is 14.6. The van der Waals surface area contributed by atoms with E-state index in [1.165, 1.54) is 12.1 Å². The van der Waals surface area contributed by atoms with Crippen LogP contribution in [0.4, 0.5) is 13.2 Å². The molecule has 0 saturated carbocycles. The molecular weight excluding hydrogens is 343 g/mol. The molecule has 2 aromatic heterocycles. The molecule has 0 unspecified atom stereocenters. The van der Waals surface area contributed by atoms with E-state index in [2.05, 4.69) is 0 Å². The van der Waals surface area contributed by atoms with E-state index >= 15 is 0 Å². The van der Waals surface area contributed by atoms with Gasteiger partial charge in [-0.25, -0.2) is 0 Å². The third-order valence-electron chi connectivity index (χ3n) is 3.95. The summed E-state index contributed by atoms with van der Waals surface area (Å²) in [7, 11) is 0. The standard InChI is InChI=1S/C20H18F3NO2/c1-19(2,3)18(25)26-16-12-15-6-4-5-11-24(15)17(16)13-7-9-14(10-8-13)20(21,22)23/h4-12H,1-3H3. The molecule has 3 rings (SSSR count). The van der Waals surface area contributed by atoms with Gasteiger partial charge in [-0.05, 0) is 45.0 Å². The molecule has 0 aliphatic heterocycles. The van der Waals surface area contributed by atoms with Crippen LogP contribution in [-0.4, -0.2) is 10.4 Å². The lowest BCUT2D eigenvalue weighted by molar-refractivity contribution is -0.143. The van der Waals surface area contributed by atoms with E-state index in [1.807, 2.05) is 12.1 Å². The second-order valence-electron chi connectivity index (χ2n) is 7.07. The van der Waals surface area contributed by atoms with E-state index in [-0.39, 0.29) is 0 Å². The first-order valence-electron chi connectivity index (χ1n) is 8.07. The van der Waals surface area contributed by atoms with E-state index in [0.717, 1.165) is 17.6 Å². The Kier molecular flexibility index (Phi) is 4.30. The summed E-state index contributed by atoms with van der Waals surface area (Å²) < 4.78 is 45.8. The van der Waals surface area contributed by atoms with Crippen LogP contribution in [0.3, 0.4) is 0 Å². The molecule has 0 aliphatic rings. The summed E-state index contributed by atoms with van der Waals surface area (Å²) >= 11 is 0. The number of nitrogens with zero attached hydrogens (tertiary/aromatic N) is 1. The average molecular weight is 361 g/mol. The van der Waals surface area contributed by atoms with Crippen LogP contribution in [0.1, 0.15) is 26.3 Å². The van der Waals surface area contributed by atoms with Gasteiger partial charge >= 0.3 is 12.1 Å². The number of rotatable bonds is 2. The number of alkyl halides is 3. The van der Waals surface area contributed by atoms with Crippen LogP contribution in [0.25, 0.3) is 16.8 Å². The number of aromatic nitrogens is 1. The first-order chi connectivity index (χ1) is 12.1. The van der Waals surface area contributed by atoms with Gasteiger partial charge in [-0.15, -0.1) is 0 Å². The molecular formula is C20H18F3NO2. The van der Waals surface area contributed by atoms with Crippen molar-refractivity contribution in [1.82, 2.24) is 4.40 Å². The molecule has 0 atom stereocenters. The Labute approximate surface area is 149 Å². The average Bonchev–Trinajstić information content (AvgIpc) is 2.91. The summed E-state index contributed by atoms with van der Waals surface area (Å²) in [6.45, 7) is 5.22. The van der Waals surface area contributed by atoms with Crippen LogP contribution < -0.4 is 4.74 Å². The number of benzene rings is 1. The molecule has 0 N–H and O–H groups in total. The van der Waals surface area contributed by atoms with Crippen molar-refractivity contribution >= 4 is 11.5 Å². The van der Waals surface area contributed by atoms with Crippen molar-refractivity contribution in [2.24, 2.45) is 5.41 Å². The van der Waals surface area contributed by atoms with Gasteiger partial charge in [0, 0.05) is 23.3 Å². The Hall–Kier alpha value is -2.76. The van der Waals surface area contributed by atoms with Crippen LogP contribution in [-0.2, 0) is 11.0 Å². The molecule has 3 aromatic rings. The number of pyridine rings is 1. The second-order valence-corrected chi connectivity index (χ2v) is 7.07. The van der Waals surface area contributed by atoms with Crippen molar-refractivity contribution in [2.45, 2.75) is 26.9 Å². The summed E-state index contributed by atoms with van der Waals surface area (Å²) in [5, 5.41) is 0. The topological polar surface area (TPSA) is 30.7 Å². The molecule has 1 aromatic carbocycles. The molecule has 2 heterocycles. The Morgan fingerprint density at radius 3 is 2.23 bits per heavy atom. The highest BCUT2D eigenvalue weighted by molar-refractivity contribution is 5.83. The Morgan fingerprint density at radius 1 is 1.00 bits per heavy atom. The molecule has 6 heteroatoms. The van der Waals surface area contributed by atoms with Gasteiger partial charge in [0.15, 0.2) is 5.75 Å². The monoisotopic (exact) mass is 361 g/mol. The number of carbonyl (C=O) groups excluding carboxylic acids is 1. The Morgan fingerprint density at radius 2 is 1.65 bits per heavy atom. The SMILES string of the molecule is CC(C)(C)C(=O)Oc1cc2ccccn2c1-c1ccc(C(F)(F)F)cc1. The van der Waals surface area contributed by atoms with E-state index in [1.54, 1.807) is 43.5 Å². The number of esters is 1. The Bertz CT molecular complexity index is 948. The smallest absolute Gasteiger partial charge is 0.416 e. The van der Waals surface area contributed by atoms with E-state index in [4.69, 9.17) is 4.74 Å². The van der Waals surface area contributed by atoms with Gasteiger partial charge in [0.1, 0.15) is 0 Å². The van der Waals surface area contributed by atoms with Crippen molar-refractivity contribution in [1.29, 1.82) is 0 Å². The number of ether oxygens (including phenoxy) is 1. The van der Waals surface area contributed by atoms with Gasteiger partial charge in [0.25, 0.3) is 0 Å². The summed E-state index contributed by atoms with van der Waals surface area (Å²) in [5.41, 5.74) is 0.410. The van der Waals surface area contributed by atoms with Crippen LogP contribution >= 0.6 is 0 Å². The lowest BCUT2D eigenvalue weighted by Crippen LogP contribution is -2.25. The maximum atomic E-state index is 12.8. The zero-order chi connectivity index (χ0) is 19.1. The minimum atomic E-state index is -4.40. The fourth-order valence-electron chi connectivity index (χ4n) is 2.53. The summed E-state index contributed by atoms with van der Waals surface area (Å²) in [4.78, 5) is 12.3. The van der Waals surface area contributed by atoms with Crippen LogP contribution in [0.15, 0.2) is 54.7 Å². The van der Waals surface area contributed by atoms with Crippen molar-refractivity contribution in [3.8, 4) is 17.0 Å². The van der Waals surface area contributed by atoms with E-state index in [0.29, 0.717) is 17.0 Å². The molecule has 0 bridgehead atoms. The molecule has 0 radical (unpaired) electrons. The molecule has 26 heavy (non-hydrogen) atoms. The third kappa shape index (κ3) is 3.45. The highest BCUT2D eigenvalue weighted by Crippen LogP contribution is 2.37. The van der Waals surface area contributed by atoms with Gasteiger partial charge in [-0.2, -0.15) is 13.2 Å². The first-order valence-corrected chi connectivity index (χ1v) is 8.07. The van der Waals surface area contributed by atoms with E-state index < -0.39 is 23.1 Å². The van der Waals surface area contributed by atoms with Crippen molar-refractivity contribution in [3.05, 3.63) is 60.3 Å². The first kappa shape index (κ1) is 18.0. The second kappa shape index (κ2) is 6.20. The van der Waals surface area contributed by atoms with Crippen molar-refractivity contribution in [3.63, 3.8) is 0 Å². The normalized spacial score (nSPS) is 12.4. The number of halogens is 3. The highest BCUT2D eigenvalue weighted by atomic mass is 19.4. The fourth-order valence-corrected chi connectivity index (χ4v) is 2.53. The van der Waals surface area contributed by atoms with Gasteiger partial charge in [0.2, 0.25) is 0 Å². The Balaban J connectivity index is 2.12. The molecule has 0 spiro atoms. The number of fused-ring (bicyclic) bond motifs is 1. The molecule has 3 nitrogen and oxygen atoms in total. The van der Waals surface area contributed by atoms with Gasteiger partial charge in [0.05, 0.1) is 16.7 Å². The fraction of sp³-hybridized carbons (Fsp3) is 0.250. The van der Waals surface area contributed by atoms with Gasteiger partial charge < -0.3 is 9.14 Å². The van der Waals surface area contributed by atoms with Crippen LogP contribution in [0.5, 0.6) is 5.75 Å². The number of hydrogen-bond donors (Lipinski definition) is 0.